The third-order valence-corrected chi connectivity index (χ3v) is 6.34. The summed E-state index contributed by atoms with van der Waals surface area (Å²) < 4.78 is 0. The number of thioether (sulfide) groups is 1. The van der Waals surface area contributed by atoms with Crippen molar-refractivity contribution in [2.24, 2.45) is 0 Å². The molecule has 1 N–H and O–H groups in total. The number of imide groups is 1. The van der Waals surface area contributed by atoms with E-state index in [2.05, 4.69) is 5.32 Å². The summed E-state index contributed by atoms with van der Waals surface area (Å²) in [6.45, 7) is 3.79. The zero-order valence-electron chi connectivity index (χ0n) is 16.8. The third-order valence-electron chi connectivity index (χ3n) is 4.76. The van der Waals surface area contributed by atoms with Gasteiger partial charge in [0.2, 0.25) is 0 Å². The maximum atomic E-state index is 13.4. The minimum absolute atomic E-state index is 0.241. The number of carbonyl (C=O) groups excluding carboxylic acids is 2. The molecule has 1 heterocycles. The molecule has 0 bridgehead atoms. The number of hydrogen-bond acceptors (Lipinski definition) is 4. The number of halogens is 2. The summed E-state index contributed by atoms with van der Waals surface area (Å²) in [7, 11) is 0. The summed E-state index contributed by atoms with van der Waals surface area (Å²) in [5, 5.41) is 4.31. The Morgan fingerprint density at radius 1 is 0.839 bits per heavy atom. The number of hydrogen-bond donors (Lipinski definition) is 1. The van der Waals surface area contributed by atoms with Crippen LogP contribution in [-0.4, -0.2) is 11.8 Å². The average Bonchev–Trinajstić information content (AvgIpc) is 2.94. The highest BCUT2D eigenvalue weighted by atomic mass is 35.5. The predicted octanol–water partition coefficient (Wildman–Crippen LogP) is 6.60. The van der Waals surface area contributed by atoms with Crippen molar-refractivity contribution in [3.05, 3.63) is 98.5 Å². The minimum atomic E-state index is -0.409. The van der Waals surface area contributed by atoms with Crippen molar-refractivity contribution in [3.8, 4) is 0 Å². The van der Waals surface area contributed by atoms with Crippen LogP contribution in [0.4, 0.5) is 11.4 Å². The van der Waals surface area contributed by atoms with Gasteiger partial charge in [-0.05, 0) is 79.6 Å². The number of nitrogens with zero attached hydrogens (tertiary/aromatic N) is 1. The molecule has 0 aromatic heterocycles. The summed E-state index contributed by atoms with van der Waals surface area (Å²) in [6, 6.07) is 19.9. The normalized spacial score (nSPS) is 13.9. The molecular formula is C24H18Cl2N2O2S. The molecule has 0 saturated carbocycles. The van der Waals surface area contributed by atoms with Crippen molar-refractivity contribution in [2.45, 2.75) is 18.7 Å². The SMILES string of the molecule is Cc1cccc(NC2=C(Sc3ccc(Cl)cc3)C(=O)N(c3ccc(Cl)cc3C)C2=O)c1. The standard InChI is InChI=1S/C24H18Cl2N2O2S/c1-14-4-3-5-18(12-14)27-21-22(31-19-9-6-16(25)7-10-19)24(30)28(23(21)29)20-11-8-17(26)13-15(20)2/h3-13,27H,1-2H3. The van der Waals surface area contributed by atoms with Gasteiger partial charge in [0.15, 0.2) is 0 Å². The van der Waals surface area contributed by atoms with E-state index in [1.54, 1.807) is 30.3 Å². The van der Waals surface area contributed by atoms with Gasteiger partial charge in [0, 0.05) is 20.6 Å². The molecule has 1 aliphatic heterocycles. The lowest BCUT2D eigenvalue weighted by atomic mass is 10.2. The lowest BCUT2D eigenvalue weighted by molar-refractivity contribution is -0.120. The number of amides is 2. The summed E-state index contributed by atoms with van der Waals surface area (Å²) in [6.07, 6.45) is 0. The molecule has 3 aromatic carbocycles. The van der Waals surface area contributed by atoms with Crippen LogP contribution in [0.1, 0.15) is 11.1 Å². The van der Waals surface area contributed by atoms with Gasteiger partial charge in [-0.3, -0.25) is 9.59 Å². The van der Waals surface area contributed by atoms with Crippen molar-refractivity contribution >= 4 is 58.2 Å². The van der Waals surface area contributed by atoms with E-state index >= 15 is 0 Å². The van der Waals surface area contributed by atoms with Gasteiger partial charge in [0.1, 0.15) is 10.6 Å². The first-order chi connectivity index (χ1) is 14.8. The summed E-state index contributed by atoms with van der Waals surface area (Å²) >= 11 is 13.3. The highest BCUT2D eigenvalue weighted by Gasteiger charge is 2.40. The molecule has 4 rings (SSSR count). The van der Waals surface area contributed by atoms with Crippen molar-refractivity contribution in [1.29, 1.82) is 0 Å². The Balaban J connectivity index is 1.77. The van der Waals surface area contributed by atoms with Crippen molar-refractivity contribution in [1.82, 2.24) is 0 Å². The van der Waals surface area contributed by atoms with Crippen molar-refractivity contribution in [3.63, 3.8) is 0 Å². The molecule has 0 atom stereocenters. The predicted molar refractivity (Wildman–Crippen MR) is 128 cm³/mol. The first-order valence-corrected chi connectivity index (χ1v) is 11.1. The lowest BCUT2D eigenvalue weighted by Crippen LogP contribution is -2.32. The Labute approximate surface area is 194 Å². The van der Waals surface area contributed by atoms with Crippen molar-refractivity contribution in [2.75, 3.05) is 10.2 Å². The average molecular weight is 469 g/mol. The van der Waals surface area contributed by atoms with Crippen LogP contribution in [-0.2, 0) is 9.59 Å². The molecule has 0 aliphatic carbocycles. The fourth-order valence-corrected chi connectivity index (χ4v) is 4.57. The van der Waals surface area contributed by atoms with Crippen LogP contribution >= 0.6 is 35.0 Å². The maximum absolute atomic E-state index is 13.4. The summed E-state index contributed by atoms with van der Waals surface area (Å²) in [4.78, 5) is 29.2. The molecule has 156 valence electrons. The second-order valence-corrected chi connectivity index (χ2v) is 9.09. The second-order valence-electron chi connectivity index (χ2n) is 7.13. The molecule has 3 aromatic rings. The Morgan fingerprint density at radius 2 is 1.55 bits per heavy atom. The number of carbonyl (C=O) groups is 2. The van der Waals surface area contributed by atoms with Gasteiger partial charge in [-0.1, -0.05) is 47.1 Å². The first kappa shape index (κ1) is 21.5. The van der Waals surface area contributed by atoms with E-state index in [0.29, 0.717) is 20.6 Å². The Kier molecular flexibility index (Phi) is 6.10. The molecule has 0 fully saturated rings. The van der Waals surface area contributed by atoms with Crippen molar-refractivity contribution < 1.29 is 9.59 Å². The number of anilines is 2. The van der Waals surface area contributed by atoms with Gasteiger partial charge in [0.25, 0.3) is 11.8 Å². The van der Waals surface area contributed by atoms with Crippen LogP contribution in [0.25, 0.3) is 0 Å². The molecule has 4 nitrogen and oxygen atoms in total. The van der Waals surface area contributed by atoms with Gasteiger partial charge in [-0.25, -0.2) is 4.90 Å². The highest BCUT2D eigenvalue weighted by molar-refractivity contribution is 8.04. The van der Waals surface area contributed by atoms with E-state index in [0.717, 1.165) is 21.7 Å². The molecule has 0 saturated heterocycles. The van der Waals surface area contributed by atoms with Gasteiger partial charge < -0.3 is 5.32 Å². The second kappa shape index (κ2) is 8.79. The van der Waals surface area contributed by atoms with E-state index in [1.807, 2.05) is 50.2 Å². The van der Waals surface area contributed by atoms with Crippen LogP contribution in [0.3, 0.4) is 0 Å². The lowest BCUT2D eigenvalue weighted by Gasteiger charge is -2.18. The Morgan fingerprint density at radius 3 is 2.23 bits per heavy atom. The zero-order valence-corrected chi connectivity index (χ0v) is 19.1. The molecule has 7 heteroatoms. The molecule has 31 heavy (non-hydrogen) atoms. The monoisotopic (exact) mass is 468 g/mol. The van der Waals surface area contributed by atoms with Crippen LogP contribution in [0.15, 0.2) is 82.2 Å². The number of nitrogens with one attached hydrogen (secondary N) is 1. The van der Waals surface area contributed by atoms with Crippen LogP contribution < -0.4 is 10.2 Å². The molecular weight excluding hydrogens is 451 g/mol. The zero-order chi connectivity index (χ0) is 22.1. The molecule has 1 aliphatic rings. The largest absolute Gasteiger partial charge is 0.350 e. The highest BCUT2D eigenvalue weighted by Crippen LogP contribution is 2.39. The van der Waals surface area contributed by atoms with E-state index in [4.69, 9.17) is 23.2 Å². The van der Waals surface area contributed by atoms with Crippen LogP contribution in [0, 0.1) is 13.8 Å². The van der Waals surface area contributed by atoms with Crippen LogP contribution in [0.5, 0.6) is 0 Å². The smallest absolute Gasteiger partial charge is 0.283 e. The Bertz CT molecular complexity index is 1220. The quantitative estimate of drug-likeness (QED) is 0.428. The van der Waals surface area contributed by atoms with Gasteiger partial charge >= 0.3 is 0 Å². The van der Waals surface area contributed by atoms with Gasteiger partial charge in [-0.2, -0.15) is 0 Å². The Hall–Kier alpha value is -2.73. The molecule has 0 unspecified atom stereocenters. The number of benzene rings is 3. The molecule has 0 radical (unpaired) electrons. The summed E-state index contributed by atoms with van der Waals surface area (Å²) in [5.74, 6) is -0.793. The van der Waals surface area contributed by atoms with E-state index in [9.17, 15) is 9.59 Å². The maximum Gasteiger partial charge on any atom is 0.283 e. The van der Waals surface area contributed by atoms with E-state index < -0.39 is 5.91 Å². The fraction of sp³-hybridized carbons (Fsp3) is 0.0833. The molecule has 0 spiro atoms. The van der Waals surface area contributed by atoms with Gasteiger partial charge in [-0.15, -0.1) is 0 Å². The topological polar surface area (TPSA) is 49.4 Å². The van der Waals surface area contributed by atoms with Crippen LogP contribution in [0.2, 0.25) is 10.0 Å². The molecule has 2 amide bonds. The van der Waals surface area contributed by atoms with E-state index in [1.165, 1.54) is 16.7 Å². The third kappa shape index (κ3) is 4.49. The van der Waals surface area contributed by atoms with Gasteiger partial charge in [0.05, 0.1) is 5.69 Å². The fourth-order valence-electron chi connectivity index (χ4n) is 3.29. The first-order valence-electron chi connectivity index (χ1n) is 9.50. The van der Waals surface area contributed by atoms with E-state index in [-0.39, 0.29) is 11.6 Å². The number of rotatable bonds is 5. The minimum Gasteiger partial charge on any atom is -0.350 e. The number of aryl methyl sites for hydroxylation is 2. The summed E-state index contributed by atoms with van der Waals surface area (Å²) in [5.41, 5.74) is 3.26.